The molecule has 0 unspecified atom stereocenters. The predicted octanol–water partition coefficient (Wildman–Crippen LogP) is 2.78. The van der Waals surface area contributed by atoms with E-state index in [1.54, 1.807) is 23.7 Å². The maximum atomic E-state index is 11.1. The van der Waals surface area contributed by atoms with Gasteiger partial charge >= 0.3 is 0 Å². The lowest BCUT2D eigenvalue weighted by Gasteiger charge is -2.12. The van der Waals surface area contributed by atoms with Crippen molar-refractivity contribution in [1.82, 2.24) is 19.5 Å². The number of nitrogens with zero attached hydrogens (tertiary/aromatic N) is 4. The number of fused-ring (bicyclic) bond motifs is 1. The summed E-state index contributed by atoms with van der Waals surface area (Å²) in [7, 11) is 3.28. The molecule has 0 aliphatic rings. The van der Waals surface area contributed by atoms with Gasteiger partial charge < -0.3 is 19.4 Å². The molecule has 0 bridgehead atoms. The van der Waals surface area contributed by atoms with Crippen molar-refractivity contribution >= 4 is 34.5 Å². The van der Waals surface area contributed by atoms with Crippen LogP contribution in [0.4, 0.5) is 5.82 Å². The van der Waals surface area contributed by atoms with Crippen LogP contribution in [0.2, 0.25) is 5.28 Å². The first-order valence-electron chi connectivity index (χ1n) is 6.96. The van der Waals surface area contributed by atoms with Gasteiger partial charge in [0.1, 0.15) is 17.1 Å². The van der Waals surface area contributed by atoms with E-state index in [1.165, 1.54) is 26.4 Å². The Hall–Kier alpha value is -2.87. The summed E-state index contributed by atoms with van der Waals surface area (Å²) in [4.78, 5) is 23.5. The molecule has 0 saturated heterocycles. The smallest absolute Gasteiger partial charge is 0.222 e. The Kier molecular flexibility index (Phi) is 4.22. The second-order valence-corrected chi connectivity index (χ2v) is 5.27. The first kappa shape index (κ1) is 16.0. The molecule has 0 aliphatic carbocycles. The lowest BCUT2D eigenvalue weighted by molar-refractivity contribution is -0.114. The van der Waals surface area contributed by atoms with Gasteiger partial charge in [-0.3, -0.25) is 4.79 Å². The molecule has 0 fully saturated rings. The number of amides is 1. The van der Waals surface area contributed by atoms with Crippen LogP contribution in [0, 0.1) is 0 Å². The van der Waals surface area contributed by atoms with Crippen molar-refractivity contribution < 1.29 is 14.3 Å². The number of hydrogen-bond acceptors (Lipinski definition) is 6. The normalized spacial score (nSPS) is 10.7. The zero-order valence-electron chi connectivity index (χ0n) is 13.2. The van der Waals surface area contributed by atoms with Gasteiger partial charge in [0.15, 0.2) is 17.1 Å². The maximum absolute atomic E-state index is 11.1. The standard InChI is InChI=1S/C15H14ClN5O3/c1-8(22)19-11-6-9(4-5-17-11)24-10-7-18-14-12(13(10)23-3)21(2)15(16)20-14/h4-7H,1-3H3,(H,17,19,22). The molecule has 24 heavy (non-hydrogen) atoms. The molecule has 0 aromatic carbocycles. The number of rotatable bonds is 4. The van der Waals surface area contributed by atoms with Crippen LogP contribution in [-0.4, -0.2) is 32.5 Å². The van der Waals surface area contributed by atoms with Crippen LogP contribution < -0.4 is 14.8 Å². The van der Waals surface area contributed by atoms with E-state index in [2.05, 4.69) is 20.3 Å². The summed E-state index contributed by atoms with van der Waals surface area (Å²) in [6.07, 6.45) is 3.03. The number of aromatic nitrogens is 4. The molecular formula is C15H14ClN5O3. The van der Waals surface area contributed by atoms with E-state index in [-0.39, 0.29) is 5.91 Å². The second-order valence-electron chi connectivity index (χ2n) is 4.93. The van der Waals surface area contributed by atoms with Gasteiger partial charge in [0, 0.05) is 26.2 Å². The van der Waals surface area contributed by atoms with E-state index in [4.69, 9.17) is 21.1 Å². The number of carbonyl (C=O) groups is 1. The van der Waals surface area contributed by atoms with E-state index in [0.29, 0.717) is 39.5 Å². The fraction of sp³-hybridized carbons (Fsp3) is 0.200. The van der Waals surface area contributed by atoms with Crippen molar-refractivity contribution in [2.45, 2.75) is 6.92 Å². The topological polar surface area (TPSA) is 91.2 Å². The Morgan fingerprint density at radius 1 is 1.38 bits per heavy atom. The third kappa shape index (κ3) is 2.95. The Bertz CT molecular complexity index is 925. The monoisotopic (exact) mass is 347 g/mol. The summed E-state index contributed by atoms with van der Waals surface area (Å²) in [6.45, 7) is 1.40. The molecule has 0 saturated carbocycles. The molecule has 8 nitrogen and oxygen atoms in total. The maximum Gasteiger partial charge on any atom is 0.222 e. The number of imidazole rings is 1. The molecule has 1 amide bonds. The highest BCUT2D eigenvalue weighted by Crippen LogP contribution is 2.37. The number of ether oxygens (including phenoxy) is 2. The average molecular weight is 348 g/mol. The summed E-state index contributed by atoms with van der Waals surface area (Å²) in [6, 6.07) is 3.26. The zero-order chi connectivity index (χ0) is 17.3. The van der Waals surface area contributed by atoms with E-state index in [1.807, 2.05) is 0 Å². The lowest BCUT2D eigenvalue weighted by Crippen LogP contribution is -2.07. The fourth-order valence-corrected chi connectivity index (χ4v) is 2.38. The third-order valence-corrected chi connectivity index (χ3v) is 3.57. The number of aryl methyl sites for hydroxylation is 1. The first-order valence-corrected chi connectivity index (χ1v) is 7.33. The number of nitrogens with one attached hydrogen (secondary N) is 1. The van der Waals surface area contributed by atoms with Crippen LogP contribution in [0.3, 0.4) is 0 Å². The number of pyridine rings is 2. The van der Waals surface area contributed by atoms with Crippen molar-refractivity contribution in [3.63, 3.8) is 0 Å². The van der Waals surface area contributed by atoms with Crippen molar-refractivity contribution in [1.29, 1.82) is 0 Å². The van der Waals surface area contributed by atoms with Crippen molar-refractivity contribution in [3.05, 3.63) is 29.8 Å². The molecule has 3 aromatic rings. The van der Waals surface area contributed by atoms with Gasteiger partial charge in [-0.15, -0.1) is 0 Å². The molecule has 3 aromatic heterocycles. The molecule has 3 heterocycles. The van der Waals surface area contributed by atoms with E-state index >= 15 is 0 Å². The molecule has 9 heteroatoms. The summed E-state index contributed by atoms with van der Waals surface area (Å²) >= 11 is 6.03. The Labute approximate surface area is 142 Å². The second kappa shape index (κ2) is 6.32. The van der Waals surface area contributed by atoms with E-state index in [9.17, 15) is 4.79 Å². The molecule has 1 N–H and O–H groups in total. The molecule has 3 rings (SSSR count). The molecule has 124 valence electrons. The van der Waals surface area contributed by atoms with Crippen LogP contribution in [0.1, 0.15) is 6.92 Å². The van der Waals surface area contributed by atoms with Crippen molar-refractivity contribution in [3.8, 4) is 17.2 Å². The highest BCUT2D eigenvalue weighted by Gasteiger charge is 2.18. The number of methoxy groups -OCH3 is 1. The van der Waals surface area contributed by atoms with E-state index < -0.39 is 0 Å². The highest BCUT2D eigenvalue weighted by molar-refractivity contribution is 6.29. The van der Waals surface area contributed by atoms with E-state index in [0.717, 1.165) is 0 Å². The van der Waals surface area contributed by atoms with Crippen molar-refractivity contribution in [2.24, 2.45) is 7.05 Å². The summed E-state index contributed by atoms with van der Waals surface area (Å²) < 4.78 is 12.9. The minimum absolute atomic E-state index is 0.218. The molecular weight excluding hydrogens is 334 g/mol. The van der Waals surface area contributed by atoms with Gasteiger partial charge in [-0.05, 0) is 17.7 Å². The van der Waals surface area contributed by atoms with Crippen molar-refractivity contribution in [2.75, 3.05) is 12.4 Å². The minimum Gasteiger partial charge on any atom is -0.491 e. The predicted molar refractivity (Wildman–Crippen MR) is 88.7 cm³/mol. The van der Waals surface area contributed by atoms with Crippen LogP contribution in [0.5, 0.6) is 17.2 Å². The van der Waals surface area contributed by atoms with Gasteiger partial charge in [0.25, 0.3) is 0 Å². The number of anilines is 1. The number of carbonyl (C=O) groups excluding carboxylic acids is 1. The average Bonchev–Trinajstić information content (AvgIpc) is 2.82. The van der Waals surface area contributed by atoms with Crippen LogP contribution >= 0.6 is 11.6 Å². The lowest BCUT2D eigenvalue weighted by atomic mass is 10.3. The molecule has 0 atom stereocenters. The Morgan fingerprint density at radius 2 is 2.17 bits per heavy atom. The van der Waals surface area contributed by atoms with Gasteiger partial charge in [0.2, 0.25) is 11.2 Å². The van der Waals surface area contributed by atoms with Crippen LogP contribution in [0.25, 0.3) is 11.2 Å². The SMILES string of the molecule is COc1c(Oc2ccnc(NC(C)=O)c2)cnc2nc(Cl)n(C)c12. The van der Waals surface area contributed by atoms with Gasteiger partial charge in [-0.25, -0.2) is 9.97 Å². The van der Waals surface area contributed by atoms with Gasteiger partial charge in [-0.2, -0.15) is 4.98 Å². The molecule has 0 spiro atoms. The fourth-order valence-electron chi connectivity index (χ4n) is 2.22. The number of hydrogen-bond donors (Lipinski definition) is 1. The van der Waals surface area contributed by atoms with Crippen LogP contribution in [-0.2, 0) is 11.8 Å². The summed E-state index contributed by atoms with van der Waals surface area (Å²) in [5.41, 5.74) is 1.08. The zero-order valence-corrected chi connectivity index (χ0v) is 14.0. The minimum atomic E-state index is -0.218. The largest absolute Gasteiger partial charge is 0.491 e. The van der Waals surface area contributed by atoms with Gasteiger partial charge in [-0.1, -0.05) is 0 Å². The third-order valence-electron chi connectivity index (χ3n) is 3.23. The van der Waals surface area contributed by atoms with Crippen LogP contribution in [0.15, 0.2) is 24.5 Å². The Balaban J connectivity index is 2.01. The quantitative estimate of drug-likeness (QED) is 0.780. The number of halogens is 1. The molecule has 0 radical (unpaired) electrons. The first-order chi connectivity index (χ1) is 11.5. The highest BCUT2D eigenvalue weighted by atomic mass is 35.5. The van der Waals surface area contributed by atoms with Gasteiger partial charge in [0.05, 0.1) is 13.3 Å². The summed E-state index contributed by atoms with van der Waals surface area (Å²) in [5.74, 6) is 1.49. The summed E-state index contributed by atoms with van der Waals surface area (Å²) in [5, 5.41) is 2.89. The molecule has 0 aliphatic heterocycles. The Morgan fingerprint density at radius 3 is 2.88 bits per heavy atom.